The number of methoxy groups -OCH3 is 1. The van der Waals surface area contributed by atoms with Crippen LogP contribution in [0, 0.1) is 0 Å². The second kappa shape index (κ2) is 7.13. The smallest absolute Gasteiger partial charge is 0.341 e. The third-order valence-corrected chi connectivity index (χ3v) is 5.63. The van der Waals surface area contributed by atoms with Crippen molar-refractivity contribution in [3.8, 4) is 5.75 Å². The molecule has 0 spiro atoms. The van der Waals surface area contributed by atoms with Crippen LogP contribution in [0.2, 0.25) is 10.0 Å². The molecule has 24 heavy (non-hydrogen) atoms. The molecule has 126 valence electrons. The molecule has 7 heteroatoms. The molecule has 1 aromatic heterocycles. The summed E-state index contributed by atoms with van der Waals surface area (Å²) in [7, 11) is 1.37. The molecule has 0 unspecified atom stereocenters. The van der Waals surface area contributed by atoms with Gasteiger partial charge in [0.25, 0.3) is 0 Å². The maximum atomic E-state index is 12.2. The Morgan fingerprint density at radius 1 is 1.33 bits per heavy atom. The molecule has 0 saturated carbocycles. The number of nitrogens with zero attached hydrogens (tertiary/aromatic N) is 1. The van der Waals surface area contributed by atoms with Crippen molar-refractivity contribution < 1.29 is 14.6 Å². The number of phenolic OH excluding ortho intramolecular Hbond substituents is 1. The highest BCUT2D eigenvalue weighted by atomic mass is 35.5. The van der Waals surface area contributed by atoms with Crippen molar-refractivity contribution >= 4 is 51.7 Å². The summed E-state index contributed by atoms with van der Waals surface area (Å²) >= 11 is 13.4. The Balaban J connectivity index is 2.04. The number of aliphatic imine (C=N–C) groups is 1. The van der Waals surface area contributed by atoms with Crippen molar-refractivity contribution in [1.29, 1.82) is 0 Å². The van der Waals surface area contributed by atoms with Gasteiger partial charge >= 0.3 is 5.97 Å². The molecule has 0 aliphatic heterocycles. The fraction of sp³-hybridized carbons (Fsp3) is 0.294. The van der Waals surface area contributed by atoms with Gasteiger partial charge in [0.05, 0.1) is 17.7 Å². The highest BCUT2D eigenvalue weighted by molar-refractivity contribution is 7.16. The predicted molar refractivity (Wildman–Crippen MR) is 97.7 cm³/mol. The summed E-state index contributed by atoms with van der Waals surface area (Å²) in [6.07, 6.45) is 5.45. The van der Waals surface area contributed by atoms with Gasteiger partial charge in [0.1, 0.15) is 10.8 Å². The molecular formula is C17H15Cl2NO3S. The summed E-state index contributed by atoms with van der Waals surface area (Å²) < 4.78 is 4.92. The number of hydrogen-bond acceptors (Lipinski definition) is 5. The number of aryl methyl sites for hydroxylation is 1. The van der Waals surface area contributed by atoms with Crippen molar-refractivity contribution in [2.75, 3.05) is 7.11 Å². The van der Waals surface area contributed by atoms with Gasteiger partial charge in [0.15, 0.2) is 0 Å². The molecular weight excluding hydrogens is 369 g/mol. The minimum atomic E-state index is -0.380. The normalized spacial score (nSPS) is 14.0. The number of esters is 1. The molecule has 3 rings (SSSR count). The van der Waals surface area contributed by atoms with Crippen molar-refractivity contribution in [3.63, 3.8) is 0 Å². The van der Waals surface area contributed by atoms with Crippen LogP contribution in [0.1, 0.15) is 39.2 Å². The number of ether oxygens (including phenoxy) is 1. The van der Waals surface area contributed by atoms with Gasteiger partial charge in [0.2, 0.25) is 0 Å². The summed E-state index contributed by atoms with van der Waals surface area (Å²) in [6.45, 7) is 0. The Morgan fingerprint density at radius 2 is 2.08 bits per heavy atom. The van der Waals surface area contributed by atoms with Gasteiger partial charge in [-0.3, -0.25) is 0 Å². The maximum absolute atomic E-state index is 12.2. The first-order valence-corrected chi connectivity index (χ1v) is 9.03. The number of fused-ring (bicyclic) bond motifs is 1. The number of aromatic hydroxyl groups is 1. The minimum Gasteiger partial charge on any atom is -0.506 e. The van der Waals surface area contributed by atoms with Crippen LogP contribution < -0.4 is 0 Å². The molecule has 2 aromatic rings. The Labute approximate surface area is 153 Å². The molecule has 0 atom stereocenters. The maximum Gasteiger partial charge on any atom is 0.341 e. The largest absolute Gasteiger partial charge is 0.506 e. The second-order valence-corrected chi connectivity index (χ2v) is 7.39. The van der Waals surface area contributed by atoms with Gasteiger partial charge in [-0.2, -0.15) is 0 Å². The molecule has 0 fully saturated rings. The summed E-state index contributed by atoms with van der Waals surface area (Å²) in [5.74, 6) is -0.472. The Kier molecular flexibility index (Phi) is 5.13. The van der Waals surface area contributed by atoms with Crippen LogP contribution in [0.4, 0.5) is 5.00 Å². The van der Waals surface area contributed by atoms with Crippen LogP contribution in [-0.2, 0) is 17.6 Å². The molecule has 1 aliphatic carbocycles. The van der Waals surface area contributed by atoms with E-state index in [4.69, 9.17) is 27.9 Å². The molecule has 0 bridgehead atoms. The monoisotopic (exact) mass is 383 g/mol. The average Bonchev–Trinajstić information content (AvgIpc) is 2.94. The predicted octanol–water partition coefficient (Wildman–Crippen LogP) is 5.18. The van der Waals surface area contributed by atoms with E-state index in [1.54, 1.807) is 6.07 Å². The van der Waals surface area contributed by atoms with Crippen molar-refractivity contribution in [1.82, 2.24) is 0 Å². The third kappa shape index (κ3) is 3.29. The van der Waals surface area contributed by atoms with Gasteiger partial charge in [-0.1, -0.05) is 23.2 Å². The minimum absolute atomic E-state index is 0.0919. The van der Waals surface area contributed by atoms with Crippen LogP contribution in [0.25, 0.3) is 0 Å². The van der Waals surface area contributed by atoms with Gasteiger partial charge in [-0.05, 0) is 43.4 Å². The molecule has 4 nitrogen and oxygen atoms in total. The molecule has 0 radical (unpaired) electrons. The number of thiophene rings is 1. The first-order valence-electron chi connectivity index (χ1n) is 7.46. The van der Waals surface area contributed by atoms with Gasteiger partial charge in [-0.15, -0.1) is 11.3 Å². The SMILES string of the molecule is COC(=O)c1c(/N=C/c2cc(Cl)cc(Cl)c2O)sc2c1CCCC2. The van der Waals surface area contributed by atoms with Crippen LogP contribution in [-0.4, -0.2) is 24.4 Å². The number of halogens is 2. The first kappa shape index (κ1) is 17.3. The van der Waals surface area contributed by atoms with E-state index in [-0.39, 0.29) is 16.7 Å². The van der Waals surface area contributed by atoms with Crippen LogP contribution in [0.5, 0.6) is 5.75 Å². The summed E-state index contributed by atoms with van der Waals surface area (Å²) in [6, 6.07) is 3.02. The van der Waals surface area contributed by atoms with Gasteiger partial charge in [0, 0.05) is 21.7 Å². The van der Waals surface area contributed by atoms with Crippen LogP contribution in [0.3, 0.4) is 0 Å². The van der Waals surface area contributed by atoms with Crippen LogP contribution in [0.15, 0.2) is 17.1 Å². The van der Waals surface area contributed by atoms with E-state index in [0.29, 0.717) is 21.2 Å². The fourth-order valence-electron chi connectivity index (χ4n) is 2.77. The summed E-state index contributed by atoms with van der Waals surface area (Å²) in [5, 5.41) is 11.2. The fourth-order valence-corrected chi connectivity index (χ4v) is 4.50. The standard InChI is InChI=1S/C17H15Cl2NO3S/c1-23-17(22)14-11-4-2-3-5-13(11)24-16(14)20-8-9-6-10(18)7-12(19)15(9)21/h6-8,21H,2-5H2,1H3/b20-8+. The average molecular weight is 384 g/mol. The number of carbonyl (C=O) groups excluding carboxylic acids is 1. The van der Waals surface area contributed by atoms with E-state index in [2.05, 4.69) is 4.99 Å². The first-order chi connectivity index (χ1) is 11.5. The lowest BCUT2D eigenvalue weighted by Crippen LogP contribution is -2.07. The zero-order valence-corrected chi connectivity index (χ0v) is 15.3. The van der Waals surface area contributed by atoms with Crippen molar-refractivity contribution in [3.05, 3.63) is 43.7 Å². The third-order valence-electron chi connectivity index (χ3n) is 3.92. The topological polar surface area (TPSA) is 58.9 Å². The van der Waals surface area contributed by atoms with E-state index in [1.165, 1.54) is 35.6 Å². The van der Waals surface area contributed by atoms with E-state index < -0.39 is 0 Å². The summed E-state index contributed by atoms with van der Waals surface area (Å²) in [4.78, 5) is 17.8. The number of rotatable bonds is 3. The molecule has 1 aromatic carbocycles. The molecule has 0 saturated heterocycles. The Morgan fingerprint density at radius 3 is 2.83 bits per heavy atom. The molecule has 1 N–H and O–H groups in total. The zero-order chi connectivity index (χ0) is 17.3. The van der Waals surface area contributed by atoms with Gasteiger partial charge in [-0.25, -0.2) is 9.79 Å². The van der Waals surface area contributed by atoms with Crippen LogP contribution >= 0.6 is 34.5 Å². The number of phenols is 1. The quantitative estimate of drug-likeness (QED) is 0.586. The number of carbonyl (C=O) groups is 1. The lowest BCUT2D eigenvalue weighted by atomic mass is 9.95. The second-order valence-electron chi connectivity index (χ2n) is 5.47. The zero-order valence-electron chi connectivity index (χ0n) is 12.9. The Bertz CT molecular complexity index is 830. The molecule has 1 aliphatic rings. The van der Waals surface area contributed by atoms with Crippen molar-refractivity contribution in [2.24, 2.45) is 4.99 Å². The van der Waals surface area contributed by atoms with E-state index >= 15 is 0 Å². The van der Waals surface area contributed by atoms with E-state index in [0.717, 1.165) is 31.2 Å². The molecule has 0 amide bonds. The van der Waals surface area contributed by atoms with E-state index in [9.17, 15) is 9.90 Å². The highest BCUT2D eigenvalue weighted by Gasteiger charge is 2.25. The summed E-state index contributed by atoms with van der Waals surface area (Å²) in [5.41, 5.74) is 1.97. The van der Waals surface area contributed by atoms with Crippen molar-refractivity contribution in [2.45, 2.75) is 25.7 Å². The number of benzene rings is 1. The Hall–Kier alpha value is -1.56. The van der Waals surface area contributed by atoms with Gasteiger partial charge < -0.3 is 9.84 Å². The van der Waals surface area contributed by atoms with E-state index in [1.807, 2.05) is 0 Å². The highest BCUT2D eigenvalue weighted by Crippen LogP contribution is 2.40. The lowest BCUT2D eigenvalue weighted by Gasteiger charge is -2.11. The number of hydrogen-bond donors (Lipinski definition) is 1. The molecule has 1 heterocycles. The lowest BCUT2D eigenvalue weighted by molar-refractivity contribution is 0.0601.